The summed E-state index contributed by atoms with van der Waals surface area (Å²) in [5, 5.41) is 4.40. The molecule has 0 aliphatic rings. The SMILES string of the molecule is O=C(Nc1cccc(Cl)c1)c1sccc1NS(=O)(=O)c1ccc(F)cc1Cl. The van der Waals surface area contributed by atoms with Crippen LogP contribution in [0, 0.1) is 5.82 Å². The van der Waals surface area contributed by atoms with Gasteiger partial charge in [-0.05, 0) is 47.8 Å². The number of amides is 1. The molecule has 0 fully saturated rings. The molecule has 0 radical (unpaired) electrons. The number of carbonyl (C=O) groups is 1. The molecule has 3 rings (SSSR count). The first-order valence-corrected chi connectivity index (χ1v) is 10.5. The highest BCUT2D eigenvalue weighted by Crippen LogP contribution is 2.29. The van der Waals surface area contributed by atoms with Crippen molar-refractivity contribution in [3.8, 4) is 0 Å². The molecule has 1 amide bonds. The predicted octanol–water partition coefficient (Wildman–Crippen LogP) is 5.25. The summed E-state index contributed by atoms with van der Waals surface area (Å²) in [6.07, 6.45) is 0. The molecule has 0 saturated carbocycles. The van der Waals surface area contributed by atoms with Gasteiger partial charge in [-0.25, -0.2) is 12.8 Å². The second-order valence-corrected chi connectivity index (χ2v) is 8.72. The summed E-state index contributed by atoms with van der Waals surface area (Å²) in [4.78, 5) is 12.3. The summed E-state index contributed by atoms with van der Waals surface area (Å²) in [7, 11) is -4.11. The molecule has 27 heavy (non-hydrogen) atoms. The van der Waals surface area contributed by atoms with E-state index in [0.717, 1.165) is 29.5 Å². The van der Waals surface area contributed by atoms with Crippen LogP contribution in [0.5, 0.6) is 0 Å². The van der Waals surface area contributed by atoms with Gasteiger partial charge >= 0.3 is 0 Å². The Morgan fingerprint density at radius 1 is 1.07 bits per heavy atom. The van der Waals surface area contributed by atoms with Gasteiger partial charge in [-0.15, -0.1) is 11.3 Å². The van der Waals surface area contributed by atoms with E-state index >= 15 is 0 Å². The highest BCUT2D eigenvalue weighted by molar-refractivity contribution is 7.92. The predicted molar refractivity (Wildman–Crippen MR) is 106 cm³/mol. The van der Waals surface area contributed by atoms with Gasteiger partial charge in [-0.1, -0.05) is 29.3 Å². The van der Waals surface area contributed by atoms with Gasteiger partial charge in [0.15, 0.2) is 0 Å². The minimum atomic E-state index is -4.11. The molecule has 0 saturated heterocycles. The van der Waals surface area contributed by atoms with Crippen LogP contribution in [-0.2, 0) is 10.0 Å². The van der Waals surface area contributed by atoms with E-state index in [0.29, 0.717) is 10.7 Å². The second-order valence-electron chi connectivity index (χ2n) is 5.31. The van der Waals surface area contributed by atoms with Crippen molar-refractivity contribution in [2.45, 2.75) is 4.90 Å². The van der Waals surface area contributed by atoms with E-state index in [-0.39, 0.29) is 20.5 Å². The first kappa shape index (κ1) is 19.6. The lowest BCUT2D eigenvalue weighted by atomic mass is 10.3. The molecule has 1 heterocycles. The average molecular weight is 445 g/mol. The van der Waals surface area contributed by atoms with E-state index in [2.05, 4.69) is 10.0 Å². The van der Waals surface area contributed by atoms with Crippen LogP contribution >= 0.6 is 34.5 Å². The summed E-state index contributed by atoms with van der Waals surface area (Å²) in [6, 6.07) is 10.9. The quantitative estimate of drug-likeness (QED) is 0.564. The van der Waals surface area contributed by atoms with Gasteiger partial charge in [0.05, 0.1) is 10.7 Å². The van der Waals surface area contributed by atoms with Gasteiger partial charge in [-0.3, -0.25) is 9.52 Å². The van der Waals surface area contributed by atoms with Crippen molar-refractivity contribution in [1.82, 2.24) is 0 Å². The Labute approximate surface area is 168 Å². The molecule has 2 aromatic carbocycles. The van der Waals surface area contributed by atoms with Crippen molar-refractivity contribution >= 4 is 61.8 Å². The molecule has 3 aromatic rings. The lowest BCUT2D eigenvalue weighted by molar-refractivity contribution is 0.103. The van der Waals surface area contributed by atoms with Crippen LogP contribution < -0.4 is 10.0 Å². The second kappa shape index (κ2) is 7.85. The summed E-state index contributed by atoms with van der Waals surface area (Å²) >= 11 is 12.8. The van der Waals surface area contributed by atoms with Crippen molar-refractivity contribution in [1.29, 1.82) is 0 Å². The monoisotopic (exact) mass is 444 g/mol. The fourth-order valence-corrected chi connectivity index (χ4v) is 4.82. The maximum Gasteiger partial charge on any atom is 0.267 e. The number of benzene rings is 2. The molecule has 0 bridgehead atoms. The zero-order valence-electron chi connectivity index (χ0n) is 13.4. The number of carbonyl (C=O) groups excluding carboxylic acids is 1. The van der Waals surface area contributed by atoms with E-state index in [4.69, 9.17) is 23.2 Å². The Kier molecular flexibility index (Phi) is 5.71. The molecule has 0 unspecified atom stereocenters. The summed E-state index contributed by atoms with van der Waals surface area (Å²) in [5.41, 5.74) is 0.552. The molecule has 0 aliphatic carbocycles. The van der Waals surface area contributed by atoms with Gasteiger partial charge < -0.3 is 5.32 Å². The molecule has 140 valence electrons. The van der Waals surface area contributed by atoms with Crippen molar-refractivity contribution in [2.75, 3.05) is 10.0 Å². The smallest absolute Gasteiger partial charge is 0.267 e. The lowest BCUT2D eigenvalue weighted by Gasteiger charge is -2.11. The number of rotatable bonds is 5. The lowest BCUT2D eigenvalue weighted by Crippen LogP contribution is -2.17. The van der Waals surface area contributed by atoms with Crippen LogP contribution in [-0.4, -0.2) is 14.3 Å². The highest BCUT2D eigenvalue weighted by Gasteiger charge is 2.22. The molecule has 0 spiro atoms. The van der Waals surface area contributed by atoms with Crippen LogP contribution in [0.25, 0.3) is 0 Å². The van der Waals surface area contributed by atoms with E-state index in [1.165, 1.54) is 6.07 Å². The normalized spacial score (nSPS) is 11.2. The minimum absolute atomic E-state index is 0.0833. The van der Waals surface area contributed by atoms with Gasteiger partial charge in [-0.2, -0.15) is 0 Å². The number of nitrogens with one attached hydrogen (secondary N) is 2. The Morgan fingerprint density at radius 3 is 2.56 bits per heavy atom. The van der Waals surface area contributed by atoms with Crippen LogP contribution in [0.1, 0.15) is 9.67 Å². The molecule has 10 heteroatoms. The van der Waals surface area contributed by atoms with Crippen molar-refractivity contribution < 1.29 is 17.6 Å². The molecular formula is C17H11Cl2FN2O3S2. The number of hydrogen-bond acceptors (Lipinski definition) is 4. The third-order valence-electron chi connectivity index (χ3n) is 3.38. The molecule has 2 N–H and O–H groups in total. The highest BCUT2D eigenvalue weighted by atomic mass is 35.5. The molecular weight excluding hydrogens is 434 g/mol. The van der Waals surface area contributed by atoms with Crippen molar-refractivity contribution in [2.24, 2.45) is 0 Å². The molecule has 5 nitrogen and oxygen atoms in total. The summed E-state index contributed by atoms with van der Waals surface area (Å²) in [5.74, 6) is -1.16. The Balaban J connectivity index is 1.85. The van der Waals surface area contributed by atoms with Gasteiger partial charge in [0, 0.05) is 10.7 Å². The molecule has 0 aliphatic heterocycles. The largest absolute Gasteiger partial charge is 0.321 e. The van der Waals surface area contributed by atoms with E-state index < -0.39 is 21.7 Å². The van der Waals surface area contributed by atoms with E-state index in [1.54, 1.807) is 29.6 Å². The Hall–Kier alpha value is -2.13. The van der Waals surface area contributed by atoms with Crippen molar-refractivity contribution in [3.05, 3.63) is 74.7 Å². The fraction of sp³-hybridized carbons (Fsp3) is 0. The molecule has 0 atom stereocenters. The van der Waals surface area contributed by atoms with Gasteiger partial charge in [0.1, 0.15) is 15.6 Å². The summed E-state index contributed by atoms with van der Waals surface area (Å²) < 4.78 is 40.6. The van der Waals surface area contributed by atoms with Crippen molar-refractivity contribution in [3.63, 3.8) is 0 Å². The van der Waals surface area contributed by atoms with E-state index in [9.17, 15) is 17.6 Å². The third-order valence-corrected chi connectivity index (χ3v) is 6.38. The zero-order chi connectivity index (χ0) is 19.6. The number of halogens is 3. The Morgan fingerprint density at radius 2 is 1.85 bits per heavy atom. The summed E-state index contributed by atoms with van der Waals surface area (Å²) in [6.45, 7) is 0. The maximum atomic E-state index is 13.2. The topological polar surface area (TPSA) is 75.3 Å². The fourth-order valence-electron chi connectivity index (χ4n) is 2.21. The minimum Gasteiger partial charge on any atom is -0.321 e. The van der Waals surface area contributed by atoms with Crippen LogP contribution in [0.4, 0.5) is 15.8 Å². The van der Waals surface area contributed by atoms with Gasteiger partial charge in [0.25, 0.3) is 15.9 Å². The first-order valence-electron chi connectivity index (χ1n) is 7.38. The number of anilines is 2. The zero-order valence-corrected chi connectivity index (χ0v) is 16.5. The van der Waals surface area contributed by atoms with Gasteiger partial charge in [0.2, 0.25) is 0 Å². The number of thiophene rings is 1. The van der Waals surface area contributed by atoms with Crippen LogP contribution in [0.2, 0.25) is 10.0 Å². The molecule has 1 aromatic heterocycles. The first-order chi connectivity index (χ1) is 12.8. The maximum absolute atomic E-state index is 13.2. The Bertz CT molecular complexity index is 1120. The average Bonchev–Trinajstić information content (AvgIpc) is 3.02. The number of sulfonamides is 1. The number of hydrogen-bond donors (Lipinski definition) is 2. The third kappa shape index (κ3) is 4.59. The standard InChI is InChI=1S/C17H11Cl2FN2O3S2/c18-10-2-1-3-12(8-10)21-17(23)16-14(6-7-26-16)22-27(24,25)15-5-4-11(20)9-13(15)19/h1-9,22H,(H,21,23). The van der Waals surface area contributed by atoms with E-state index in [1.807, 2.05) is 0 Å². The van der Waals surface area contributed by atoms with Crippen LogP contribution in [0.3, 0.4) is 0 Å². The van der Waals surface area contributed by atoms with Crippen LogP contribution in [0.15, 0.2) is 58.8 Å².